The summed E-state index contributed by atoms with van der Waals surface area (Å²) in [5.74, 6) is -2.75. The van der Waals surface area contributed by atoms with Gasteiger partial charge in [0.2, 0.25) is 0 Å². The van der Waals surface area contributed by atoms with Crippen LogP contribution in [-0.2, 0) is 4.74 Å². The Morgan fingerprint density at radius 1 is 1.33 bits per heavy atom. The van der Waals surface area contributed by atoms with Crippen molar-refractivity contribution in [1.29, 1.82) is 0 Å². The molecule has 0 aromatic carbocycles. The first kappa shape index (κ1) is 8.40. The van der Waals surface area contributed by atoms with Crippen LogP contribution in [0, 0.1) is 11.8 Å². The van der Waals surface area contributed by atoms with Gasteiger partial charge in [-0.3, -0.25) is 0 Å². The minimum atomic E-state index is -1.51. The summed E-state index contributed by atoms with van der Waals surface area (Å²) in [4.78, 5) is 0. The summed E-state index contributed by atoms with van der Waals surface area (Å²) >= 11 is 0. The molecule has 0 spiro atoms. The van der Waals surface area contributed by atoms with E-state index in [-0.39, 0.29) is 13.2 Å². The predicted molar refractivity (Wildman–Crippen MR) is 37.0 cm³/mol. The Balaban J connectivity index is 2.24. The summed E-state index contributed by atoms with van der Waals surface area (Å²) < 4.78 is 4.86. The minimum Gasteiger partial charge on any atom is -0.396 e. The lowest BCUT2D eigenvalue weighted by Gasteiger charge is -2.43. The van der Waals surface area contributed by atoms with Crippen molar-refractivity contribution >= 4 is 0 Å². The van der Waals surface area contributed by atoms with E-state index in [1.54, 1.807) is 0 Å². The lowest BCUT2D eigenvalue weighted by atomic mass is 9.91. The third-order valence-electron chi connectivity index (χ3n) is 2.93. The van der Waals surface area contributed by atoms with Crippen molar-refractivity contribution in [2.75, 3.05) is 13.2 Å². The van der Waals surface area contributed by atoms with Gasteiger partial charge in [0.25, 0.3) is 0 Å². The first-order valence-electron chi connectivity index (χ1n) is 3.94. The number of fused-ring (bicyclic) bond motifs is 1. The zero-order valence-electron chi connectivity index (χ0n) is 6.42. The molecule has 1 heterocycles. The molecule has 4 N–H and O–H groups in total. The van der Waals surface area contributed by atoms with E-state index < -0.39 is 29.8 Å². The molecular formula is C7H12O5. The molecular weight excluding hydrogens is 164 g/mol. The number of aliphatic hydroxyl groups is 4. The molecule has 5 unspecified atom stereocenters. The number of aliphatic hydroxyl groups excluding tert-OH is 3. The van der Waals surface area contributed by atoms with Gasteiger partial charge in [0.1, 0.15) is 0 Å². The maximum Gasteiger partial charge on any atom is 0.180 e. The third kappa shape index (κ3) is 0.750. The van der Waals surface area contributed by atoms with Crippen LogP contribution >= 0.6 is 0 Å². The Hall–Kier alpha value is -0.200. The van der Waals surface area contributed by atoms with Crippen LogP contribution in [0.1, 0.15) is 0 Å². The van der Waals surface area contributed by atoms with Gasteiger partial charge < -0.3 is 25.2 Å². The van der Waals surface area contributed by atoms with E-state index in [0.29, 0.717) is 0 Å². The van der Waals surface area contributed by atoms with Crippen LogP contribution in [0.15, 0.2) is 0 Å². The summed E-state index contributed by atoms with van der Waals surface area (Å²) in [6.45, 7) is -0.142. The van der Waals surface area contributed by atoms with Crippen molar-refractivity contribution < 1.29 is 25.2 Å². The van der Waals surface area contributed by atoms with Crippen molar-refractivity contribution in [3.8, 4) is 0 Å². The Morgan fingerprint density at radius 3 is 2.25 bits per heavy atom. The molecule has 2 rings (SSSR count). The standard InChI is InChI=1S/C7H12O5/c8-1-3-5(9)6(10)4-2-12-7(3,4)11/h3-6,8-11H,1-2H2. The highest BCUT2D eigenvalue weighted by Crippen LogP contribution is 2.48. The lowest BCUT2D eigenvalue weighted by molar-refractivity contribution is -0.343. The van der Waals surface area contributed by atoms with Crippen LogP contribution in [0.3, 0.4) is 0 Å². The van der Waals surface area contributed by atoms with Crippen molar-refractivity contribution in [2.45, 2.75) is 18.0 Å². The highest BCUT2D eigenvalue weighted by Gasteiger charge is 2.65. The third-order valence-corrected chi connectivity index (χ3v) is 2.93. The summed E-state index contributed by atoms with van der Waals surface area (Å²) in [6, 6.07) is 0. The SMILES string of the molecule is OCC1C(O)C(O)C2COC12O. The van der Waals surface area contributed by atoms with Gasteiger partial charge in [0.05, 0.1) is 37.3 Å². The van der Waals surface area contributed by atoms with E-state index >= 15 is 0 Å². The van der Waals surface area contributed by atoms with Crippen LogP contribution in [0.5, 0.6) is 0 Å². The van der Waals surface area contributed by atoms with Gasteiger partial charge >= 0.3 is 0 Å². The summed E-state index contributed by atoms with van der Waals surface area (Å²) in [7, 11) is 0. The normalized spacial score (nSPS) is 58.0. The second-order valence-electron chi connectivity index (χ2n) is 3.44. The smallest absolute Gasteiger partial charge is 0.180 e. The molecule has 0 bridgehead atoms. The summed E-state index contributed by atoms with van der Waals surface area (Å²) in [5.41, 5.74) is 0. The molecule has 2 fully saturated rings. The second kappa shape index (κ2) is 2.40. The molecule has 5 heteroatoms. The van der Waals surface area contributed by atoms with E-state index in [1.165, 1.54) is 0 Å². The van der Waals surface area contributed by atoms with Gasteiger partial charge in [-0.1, -0.05) is 0 Å². The summed E-state index contributed by atoms with van der Waals surface area (Å²) in [5, 5.41) is 37.2. The maximum atomic E-state index is 9.65. The van der Waals surface area contributed by atoms with Crippen molar-refractivity contribution in [2.24, 2.45) is 11.8 Å². The van der Waals surface area contributed by atoms with Gasteiger partial charge in [0.15, 0.2) is 5.79 Å². The lowest BCUT2D eigenvalue weighted by Crippen LogP contribution is -2.57. The topological polar surface area (TPSA) is 90.2 Å². The van der Waals surface area contributed by atoms with Gasteiger partial charge in [-0.2, -0.15) is 0 Å². The zero-order valence-corrected chi connectivity index (χ0v) is 6.42. The molecule has 2 aliphatic rings. The van der Waals surface area contributed by atoms with E-state index in [1.807, 2.05) is 0 Å². The van der Waals surface area contributed by atoms with Gasteiger partial charge in [0, 0.05) is 0 Å². The van der Waals surface area contributed by atoms with E-state index in [0.717, 1.165) is 0 Å². The molecule has 0 amide bonds. The molecule has 70 valence electrons. The van der Waals surface area contributed by atoms with Crippen LogP contribution in [0.4, 0.5) is 0 Å². The molecule has 1 saturated heterocycles. The molecule has 0 radical (unpaired) electrons. The van der Waals surface area contributed by atoms with Crippen LogP contribution in [0.25, 0.3) is 0 Å². The number of ether oxygens (including phenoxy) is 1. The molecule has 5 nitrogen and oxygen atoms in total. The molecule has 12 heavy (non-hydrogen) atoms. The minimum absolute atomic E-state index is 0.241. The average Bonchev–Trinajstić information content (AvgIpc) is 2.12. The molecule has 0 aromatic heterocycles. The Kier molecular flexibility index (Phi) is 1.68. The number of hydrogen-bond donors (Lipinski definition) is 4. The van der Waals surface area contributed by atoms with Gasteiger partial charge in [-0.25, -0.2) is 0 Å². The fourth-order valence-corrected chi connectivity index (χ4v) is 2.04. The van der Waals surface area contributed by atoms with Gasteiger partial charge in [-0.05, 0) is 0 Å². The van der Waals surface area contributed by atoms with Crippen molar-refractivity contribution in [1.82, 2.24) is 0 Å². The highest BCUT2D eigenvalue weighted by atomic mass is 16.7. The first-order valence-corrected chi connectivity index (χ1v) is 3.94. The molecule has 5 atom stereocenters. The number of hydrogen-bond acceptors (Lipinski definition) is 5. The fraction of sp³-hybridized carbons (Fsp3) is 1.00. The quantitative estimate of drug-likeness (QED) is 0.359. The van der Waals surface area contributed by atoms with Crippen LogP contribution in [-0.4, -0.2) is 51.6 Å². The van der Waals surface area contributed by atoms with Crippen LogP contribution in [0.2, 0.25) is 0 Å². The van der Waals surface area contributed by atoms with E-state index in [2.05, 4.69) is 0 Å². The monoisotopic (exact) mass is 176 g/mol. The second-order valence-corrected chi connectivity index (χ2v) is 3.44. The average molecular weight is 176 g/mol. The summed E-state index contributed by atoms with van der Waals surface area (Å²) in [6.07, 6.45) is -2.08. The largest absolute Gasteiger partial charge is 0.396 e. The van der Waals surface area contributed by atoms with Crippen LogP contribution < -0.4 is 0 Å². The van der Waals surface area contributed by atoms with Gasteiger partial charge in [-0.15, -0.1) is 0 Å². The molecule has 0 aromatic rings. The van der Waals surface area contributed by atoms with E-state index in [9.17, 15) is 15.3 Å². The molecule has 1 saturated carbocycles. The van der Waals surface area contributed by atoms with E-state index in [4.69, 9.17) is 9.84 Å². The predicted octanol–water partition coefficient (Wildman–Crippen LogP) is -2.33. The van der Waals surface area contributed by atoms with Crippen molar-refractivity contribution in [3.05, 3.63) is 0 Å². The Labute approximate surface area is 69.2 Å². The molecule has 1 aliphatic carbocycles. The molecule has 1 aliphatic heterocycles. The Morgan fingerprint density at radius 2 is 2.00 bits per heavy atom. The zero-order chi connectivity index (χ0) is 8.93. The fourth-order valence-electron chi connectivity index (χ4n) is 2.04. The first-order chi connectivity index (χ1) is 5.61. The maximum absolute atomic E-state index is 9.65. The highest BCUT2D eigenvalue weighted by molar-refractivity contribution is 5.07. The van der Waals surface area contributed by atoms with Crippen molar-refractivity contribution in [3.63, 3.8) is 0 Å². The number of rotatable bonds is 1. The Bertz CT molecular complexity index is 196.